The van der Waals surface area contributed by atoms with Crippen LogP contribution in [0.1, 0.15) is 30.3 Å². The van der Waals surface area contributed by atoms with Crippen molar-refractivity contribution in [2.45, 2.75) is 26.2 Å². The predicted molar refractivity (Wildman–Crippen MR) is 58.4 cm³/mol. The molecule has 1 aromatic heterocycles. The lowest BCUT2D eigenvalue weighted by molar-refractivity contribution is -0.115. The van der Waals surface area contributed by atoms with Gasteiger partial charge in [0.15, 0.2) is 5.13 Å². The summed E-state index contributed by atoms with van der Waals surface area (Å²) in [5.41, 5.74) is 0.662. The zero-order valence-corrected chi connectivity index (χ0v) is 9.16. The van der Waals surface area contributed by atoms with Crippen LogP contribution in [0, 0.1) is 0 Å². The molecule has 1 aliphatic rings. The van der Waals surface area contributed by atoms with Gasteiger partial charge in [-0.2, -0.15) is 0 Å². The van der Waals surface area contributed by atoms with Gasteiger partial charge in [0, 0.05) is 17.7 Å². The molecule has 0 aliphatic heterocycles. The van der Waals surface area contributed by atoms with Crippen LogP contribution in [0.15, 0.2) is 5.83 Å². The van der Waals surface area contributed by atoms with Gasteiger partial charge in [-0.25, -0.2) is 9.37 Å². The van der Waals surface area contributed by atoms with Crippen molar-refractivity contribution in [2.75, 3.05) is 5.32 Å². The fraction of sp³-hybridized carbons (Fsp3) is 0.400. The third kappa shape index (κ3) is 2.23. The van der Waals surface area contributed by atoms with Gasteiger partial charge in [-0.1, -0.05) is 6.92 Å². The number of nitrogens with zero attached hydrogens (tertiary/aromatic N) is 1. The molecule has 80 valence electrons. The van der Waals surface area contributed by atoms with E-state index in [2.05, 4.69) is 10.3 Å². The number of allylic oxidation sites excluding steroid dienone is 1. The van der Waals surface area contributed by atoms with Crippen molar-refractivity contribution in [3.63, 3.8) is 0 Å². The lowest BCUT2D eigenvalue weighted by Crippen LogP contribution is -2.08. The van der Waals surface area contributed by atoms with Crippen molar-refractivity contribution in [3.05, 3.63) is 16.4 Å². The Labute approximate surface area is 91.0 Å². The first-order valence-corrected chi connectivity index (χ1v) is 5.66. The number of thiazole rings is 1. The maximum Gasteiger partial charge on any atom is 0.225 e. The van der Waals surface area contributed by atoms with Gasteiger partial charge >= 0.3 is 0 Å². The van der Waals surface area contributed by atoms with E-state index >= 15 is 0 Å². The van der Waals surface area contributed by atoms with Crippen molar-refractivity contribution < 1.29 is 9.18 Å². The van der Waals surface area contributed by atoms with Gasteiger partial charge in [0.2, 0.25) is 5.91 Å². The summed E-state index contributed by atoms with van der Waals surface area (Å²) in [7, 11) is 0. The Hall–Kier alpha value is -1.23. The van der Waals surface area contributed by atoms with Gasteiger partial charge in [-0.3, -0.25) is 4.79 Å². The molecule has 0 radical (unpaired) electrons. The molecule has 0 saturated heterocycles. The van der Waals surface area contributed by atoms with Crippen LogP contribution in [0.3, 0.4) is 0 Å². The minimum atomic E-state index is -0.138. The van der Waals surface area contributed by atoms with Crippen LogP contribution in [0.5, 0.6) is 0 Å². The fourth-order valence-electron chi connectivity index (χ4n) is 1.37. The second-order valence-corrected chi connectivity index (χ2v) is 4.40. The largest absolute Gasteiger partial charge is 0.302 e. The molecule has 0 unspecified atom stereocenters. The highest BCUT2D eigenvalue weighted by molar-refractivity contribution is 7.16. The minimum absolute atomic E-state index is 0.0643. The lowest BCUT2D eigenvalue weighted by Gasteiger charge is -2.03. The Balaban J connectivity index is 2.20. The Morgan fingerprint density at radius 3 is 3.20 bits per heavy atom. The molecule has 5 heteroatoms. The number of hydrogen-bond acceptors (Lipinski definition) is 3. The second kappa shape index (κ2) is 4.10. The van der Waals surface area contributed by atoms with Crippen molar-refractivity contribution in [1.29, 1.82) is 0 Å². The van der Waals surface area contributed by atoms with E-state index in [1.807, 2.05) is 0 Å². The molecule has 0 bridgehead atoms. The van der Waals surface area contributed by atoms with Crippen LogP contribution in [0.25, 0.3) is 6.08 Å². The van der Waals surface area contributed by atoms with E-state index < -0.39 is 0 Å². The van der Waals surface area contributed by atoms with Crippen LogP contribution >= 0.6 is 11.3 Å². The molecule has 1 aromatic rings. The van der Waals surface area contributed by atoms with E-state index in [-0.39, 0.29) is 11.7 Å². The lowest BCUT2D eigenvalue weighted by atomic mass is 10.1. The average molecular weight is 226 g/mol. The van der Waals surface area contributed by atoms with E-state index in [9.17, 15) is 9.18 Å². The molecular weight excluding hydrogens is 215 g/mol. The number of hydrogen-bond donors (Lipinski definition) is 1. The summed E-state index contributed by atoms with van der Waals surface area (Å²) in [5, 5.41) is 3.25. The summed E-state index contributed by atoms with van der Waals surface area (Å²) in [6, 6.07) is 0. The number of anilines is 1. The monoisotopic (exact) mass is 226 g/mol. The van der Waals surface area contributed by atoms with Crippen LogP contribution in [0.4, 0.5) is 9.52 Å². The Kier molecular flexibility index (Phi) is 2.81. The second-order valence-electron chi connectivity index (χ2n) is 3.32. The molecule has 2 rings (SSSR count). The molecule has 0 spiro atoms. The highest BCUT2D eigenvalue weighted by Crippen LogP contribution is 2.31. The normalized spacial score (nSPS) is 14.4. The van der Waals surface area contributed by atoms with Gasteiger partial charge in [0.1, 0.15) is 5.83 Å². The standard InChI is InChI=1S/C10H11FN2OS/c1-2-9(14)13-10-12-7-5-6(11)3-4-8(7)15-10/h5H,2-4H2,1H3,(H,12,13,14). The van der Waals surface area contributed by atoms with E-state index in [4.69, 9.17) is 0 Å². The number of nitrogens with one attached hydrogen (secondary N) is 1. The quantitative estimate of drug-likeness (QED) is 0.842. The minimum Gasteiger partial charge on any atom is -0.302 e. The zero-order chi connectivity index (χ0) is 10.8. The third-order valence-corrected chi connectivity index (χ3v) is 3.23. The zero-order valence-electron chi connectivity index (χ0n) is 8.34. The number of fused-ring (bicyclic) bond motifs is 1. The van der Waals surface area contributed by atoms with Gasteiger partial charge in [-0.15, -0.1) is 11.3 Å². The summed E-state index contributed by atoms with van der Waals surface area (Å²) in [4.78, 5) is 16.3. The maximum atomic E-state index is 12.9. The van der Waals surface area contributed by atoms with E-state index in [0.717, 1.165) is 4.88 Å². The van der Waals surface area contributed by atoms with Gasteiger partial charge in [0.25, 0.3) is 0 Å². The number of carbonyl (C=O) groups is 1. The highest BCUT2D eigenvalue weighted by atomic mass is 32.1. The average Bonchev–Trinajstić information content (AvgIpc) is 2.59. The predicted octanol–water partition coefficient (Wildman–Crippen LogP) is 2.75. The molecule has 1 aliphatic carbocycles. The number of aryl methyl sites for hydroxylation is 1. The molecule has 1 amide bonds. The SMILES string of the molecule is CCC(=O)Nc1nc2c(s1)CCC(F)=C2. The van der Waals surface area contributed by atoms with Gasteiger partial charge in [0.05, 0.1) is 5.69 Å². The van der Waals surface area contributed by atoms with Crippen molar-refractivity contribution in [3.8, 4) is 0 Å². The van der Waals surface area contributed by atoms with Gasteiger partial charge in [-0.05, 0) is 12.5 Å². The third-order valence-electron chi connectivity index (χ3n) is 2.18. The number of rotatable bonds is 2. The van der Waals surface area contributed by atoms with Gasteiger partial charge < -0.3 is 5.32 Å². The van der Waals surface area contributed by atoms with Crippen LogP contribution in [-0.2, 0) is 11.2 Å². The van der Waals surface area contributed by atoms with Crippen molar-refractivity contribution in [1.82, 2.24) is 4.98 Å². The van der Waals surface area contributed by atoms with E-state index in [0.29, 0.717) is 30.1 Å². The van der Waals surface area contributed by atoms with Crippen molar-refractivity contribution in [2.24, 2.45) is 0 Å². The molecule has 0 fully saturated rings. The van der Waals surface area contributed by atoms with Crippen molar-refractivity contribution >= 4 is 28.5 Å². The first-order valence-electron chi connectivity index (χ1n) is 4.84. The molecule has 0 aromatic carbocycles. The van der Waals surface area contributed by atoms with E-state index in [1.165, 1.54) is 17.4 Å². The molecule has 3 nitrogen and oxygen atoms in total. The Morgan fingerprint density at radius 1 is 1.67 bits per heavy atom. The maximum absolute atomic E-state index is 12.9. The number of amides is 1. The highest BCUT2D eigenvalue weighted by Gasteiger charge is 2.16. The Morgan fingerprint density at radius 2 is 2.47 bits per heavy atom. The summed E-state index contributed by atoms with van der Waals surface area (Å²) < 4.78 is 12.9. The summed E-state index contributed by atoms with van der Waals surface area (Å²) in [5.74, 6) is -0.202. The molecule has 0 atom stereocenters. The van der Waals surface area contributed by atoms with Crippen LogP contribution in [-0.4, -0.2) is 10.9 Å². The number of aromatic nitrogens is 1. The molecular formula is C10H11FN2OS. The van der Waals surface area contributed by atoms with Crippen LogP contribution in [0.2, 0.25) is 0 Å². The number of carbonyl (C=O) groups excluding carboxylic acids is 1. The fourth-order valence-corrected chi connectivity index (χ4v) is 2.33. The summed E-state index contributed by atoms with van der Waals surface area (Å²) in [6.07, 6.45) is 2.99. The number of halogens is 1. The molecule has 0 saturated carbocycles. The first-order chi connectivity index (χ1) is 7.19. The topological polar surface area (TPSA) is 42.0 Å². The Bertz CT molecular complexity index is 425. The summed E-state index contributed by atoms with van der Waals surface area (Å²) in [6.45, 7) is 1.78. The summed E-state index contributed by atoms with van der Waals surface area (Å²) >= 11 is 1.43. The molecule has 1 N–H and O–H groups in total. The molecule has 15 heavy (non-hydrogen) atoms. The first kappa shape index (κ1) is 10.3. The molecule has 1 heterocycles. The van der Waals surface area contributed by atoms with E-state index in [1.54, 1.807) is 6.92 Å². The van der Waals surface area contributed by atoms with Crippen LogP contribution < -0.4 is 5.32 Å². The smallest absolute Gasteiger partial charge is 0.225 e.